The Morgan fingerprint density at radius 3 is 2.65 bits per heavy atom. The summed E-state index contributed by atoms with van der Waals surface area (Å²) in [5, 5.41) is 0.178. The van der Waals surface area contributed by atoms with E-state index in [1.807, 2.05) is 0 Å². The van der Waals surface area contributed by atoms with Gasteiger partial charge in [-0.2, -0.15) is 0 Å². The van der Waals surface area contributed by atoms with Gasteiger partial charge in [-0.3, -0.25) is 0 Å². The fraction of sp³-hybridized carbons (Fsp3) is 0.571. The maximum Gasteiger partial charge on any atom is 0.145 e. The SMILES string of the molecule is CC(C)CCCC(N)Cc1cccc(Cl)c1F. The monoisotopic (exact) mass is 257 g/mol. The third kappa shape index (κ3) is 5.05. The molecule has 0 bridgehead atoms. The molecule has 1 rings (SSSR count). The van der Waals surface area contributed by atoms with Gasteiger partial charge in [0, 0.05) is 6.04 Å². The van der Waals surface area contributed by atoms with Crippen LogP contribution in [-0.4, -0.2) is 6.04 Å². The summed E-state index contributed by atoms with van der Waals surface area (Å²) in [7, 11) is 0. The first kappa shape index (κ1) is 14.5. The highest BCUT2D eigenvalue weighted by molar-refractivity contribution is 6.30. The molecule has 3 heteroatoms. The molecule has 0 amide bonds. The number of halogens is 2. The lowest BCUT2D eigenvalue weighted by molar-refractivity contribution is 0.490. The molecule has 0 aliphatic carbocycles. The predicted octanol–water partition coefficient (Wildman–Crippen LogP) is 4.18. The van der Waals surface area contributed by atoms with Crippen LogP contribution in [0.25, 0.3) is 0 Å². The molecule has 0 aromatic heterocycles. The minimum atomic E-state index is -0.325. The van der Waals surface area contributed by atoms with E-state index in [4.69, 9.17) is 17.3 Å². The van der Waals surface area contributed by atoms with Crippen molar-refractivity contribution < 1.29 is 4.39 Å². The van der Waals surface area contributed by atoms with Gasteiger partial charge in [-0.1, -0.05) is 50.4 Å². The van der Waals surface area contributed by atoms with Crippen LogP contribution < -0.4 is 5.73 Å². The number of benzene rings is 1. The highest BCUT2D eigenvalue weighted by Crippen LogP contribution is 2.19. The molecule has 0 aliphatic rings. The van der Waals surface area contributed by atoms with E-state index >= 15 is 0 Å². The fourth-order valence-electron chi connectivity index (χ4n) is 1.88. The average molecular weight is 258 g/mol. The maximum atomic E-state index is 13.6. The van der Waals surface area contributed by atoms with E-state index in [0.717, 1.165) is 12.8 Å². The number of nitrogens with two attached hydrogens (primary N) is 1. The summed E-state index contributed by atoms with van der Waals surface area (Å²) in [6.45, 7) is 4.39. The van der Waals surface area contributed by atoms with E-state index in [1.54, 1.807) is 18.2 Å². The first-order valence-electron chi connectivity index (χ1n) is 6.19. The van der Waals surface area contributed by atoms with Gasteiger partial charge in [0.05, 0.1) is 5.02 Å². The van der Waals surface area contributed by atoms with Crippen LogP contribution in [0.5, 0.6) is 0 Å². The van der Waals surface area contributed by atoms with Crippen molar-refractivity contribution in [1.29, 1.82) is 0 Å². The Hall–Kier alpha value is -0.600. The first-order chi connectivity index (χ1) is 8.00. The molecule has 0 radical (unpaired) electrons. The van der Waals surface area contributed by atoms with Crippen LogP contribution in [0.1, 0.15) is 38.7 Å². The molecule has 0 spiro atoms. The molecule has 0 aliphatic heterocycles. The number of hydrogen-bond acceptors (Lipinski definition) is 1. The molecule has 17 heavy (non-hydrogen) atoms. The normalized spacial score (nSPS) is 13.1. The van der Waals surface area contributed by atoms with Crippen LogP contribution in [-0.2, 0) is 6.42 Å². The van der Waals surface area contributed by atoms with Crippen LogP contribution in [0.15, 0.2) is 18.2 Å². The summed E-state index contributed by atoms with van der Waals surface area (Å²) < 4.78 is 13.6. The summed E-state index contributed by atoms with van der Waals surface area (Å²) in [5.41, 5.74) is 6.62. The molecule has 0 saturated heterocycles. The number of rotatable bonds is 6. The largest absolute Gasteiger partial charge is 0.327 e. The Balaban J connectivity index is 2.45. The lowest BCUT2D eigenvalue weighted by Gasteiger charge is -2.13. The molecular formula is C14H21ClFN. The molecule has 0 heterocycles. The van der Waals surface area contributed by atoms with Crippen LogP contribution >= 0.6 is 11.6 Å². The van der Waals surface area contributed by atoms with Gasteiger partial charge in [-0.15, -0.1) is 0 Å². The molecule has 2 N–H and O–H groups in total. The van der Waals surface area contributed by atoms with Crippen molar-refractivity contribution in [2.45, 2.75) is 45.6 Å². The maximum absolute atomic E-state index is 13.6. The highest BCUT2D eigenvalue weighted by Gasteiger charge is 2.10. The van der Waals surface area contributed by atoms with Crippen molar-refractivity contribution in [3.05, 3.63) is 34.6 Å². The molecule has 1 unspecified atom stereocenters. The van der Waals surface area contributed by atoms with Gasteiger partial charge in [0.15, 0.2) is 0 Å². The van der Waals surface area contributed by atoms with Crippen LogP contribution in [0.3, 0.4) is 0 Å². The summed E-state index contributed by atoms with van der Waals surface area (Å²) >= 11 is 5.73. The number of hydrogen-bond donors (Lipinski definition) is 1. The van der Waals surface area contributed by atoms with E-state index in [9.17, 15) is 4.39 Å². The van der Waals surface area contributed by atoms with Crippen molar-refractivity contribution in [2.24, 2.45) is 11.7 Å². The van der Waals surface area contributed by atoms with E-state index in [1.165, 1.54) is 6.42 Å². The van der Waals surface area contributed by atoms with Gasteiger partial charge in [-0.05, 0) is 30.4 Å². The molecule has 1 atom stereocenters. The van der Waals surface area contributed by atoms with Crippen molar-refractivity contribution in [1.82, 2.24) is 0 Å². The molecule has 1 aromatic rings. The second kappa shape index (κ2) is 6.97. The van der Waals surface area contributed by atoms with E-state index in [2.05, 4.69) is 13.8 Å². The Bertz CT molecular complexity index is 352. The summed E-state index contributed by atoms with van der Waals surface area (Å²) in [4.78, 5) is 0. The van der Waals surface area contributed by atoms with Gasteiger partial charge in [0.2, 0.25) is 0 Å². The van der Waals surface area contributed by atoms with Gasteiger partial charge < -0.3 is 5.73 Å². The Kier molecular flexibility index (Phi) is 5.93. The Labute approximate surface area is 108 Å². The van der Waals surface area contributed by atoms with Gasteiger partial charge in [0.25, 0.3) is 0 Å². The van der Waals surface area contributed by atoms with Gasteiger partial charge in [0.1, 0.15) is 5.82 Å². The van der Waals surface area contributed by atoms with Crippen molar-refractivity contribution in [3.63, 3.8) is 0 Å². The molecule has 0 saturated carbocycles. The fourth-order valence-corrected chi connectivity index (χ4v) is 2.07. The zero-order valence-electron chi connectivity index (χ0n) is 10.5. The minimum absolute atomic E-state index is 0.0155. The van der Waals surface area contributed by atoms with E-state index in [-0.39, 0.29) is 16.9 Å². The quantitative estimate of drug-likeness (QED) is 0.813. The predicted molar refractivity (Wildman–Crippen MR) is 71.8 cm³/mol. The van der Waals surface area contributed by atoms with E-state index < -0.39 is 0 Å². The Morgan fingerprint density at radius 1 is 1.29 bits per heavy atom. The van der Waals surface area contributed by atoms with E-state index in [0.29, 0.717) is 17.9 Å². The minimum Gasteiger partial charge on any atom is -0.327 e. The lowest BCUT2D eigenvalue weighted by Crippen LogP contribution is -2.23. The second-order valence-electron chi connectivity index (χ2n) is 5.00. The summed E-state index contributed by atoms with van der Waals surface area (Å²) in [6.07, 6.45) is 3.77. The standard InChI is InChI=1S/C14H21ClFN/c1-10(2)5-3-7-12(17)9-11-6-4-8-13(15)14(11)16/h4,6,8,10,12H,3,5,7,9,17H2,1-2H3. The topological polar surface area (TPSA) is 26.0 Å². The highest BCUT2D eigenvalue weighted by atomic mass is 35.5. The van der Waals surface area contributed by atoms with Gasteiger partial charge in [-0.25, -0.2) is 4.39 Å². The van der Waals surface area contributed by atoms with Crippen LogP contribution in [0.4, 0.5) is 4.39 Å². The molecule has 1 nitrogen and oxygen atoms in total. The third-order valence-corrected chi connectivity index (χ3v) is 3.16. The van der Waals surface area contributed by atoms with Crippen LogP contribution in [0, 0.1) is 11.7 Å². The molecule has 1 aromatic carbocycles. The van der Waals surface area contributed by atoms with Crippen LogP contribution in [0.2, 0.25) is 5.02 Å². The zero-order valence-corrected chi connectivity index (χ0v) is 11.3. The Morgan fingerprint density at radius 2 is 2.00 bits per heavy atom. The van der Waals surface area contributed by atoms with Gasteiger partial charge >= 0.3 is 0 Å². The summed E-state index contributed by atoms with van der Waals surface area (Å²) in [6, 6.07) is 5.09. The summed E-state index contributed by atoms with van der Waals surface area (Å²) in [5.74, 6) is 0.374. The molecular weight excluding hydrogens is 237 g/mol. The zero-order chi connectivity index (χ0) is 12.8. The first-order valence-corrected chi connectivity index (χ1v) is 6.57. The molecule has 0 fully saturated rings. The third-order valence-electron chi connectivity index (χ3n) is 2.87. The van der Waals surface area contributed by atoms with Crippen molar-refractivity contribution >= 4 is 11.6 Å². The lowest BCUT2D eigenvalue weighted by atomic mass is 9.98. The van der Waals surface area contributed by atoms with Crippen molar-refractivity contribution in [3.8, 4) is 0 Å². The molecule has 96 valence electrons. The van der Waals surface area contributed by atoms with Crippen molar-refractivity contribution in [2.75, 3.05) is 0 Å². The average Bonchev–Trinajstić information content (AvgIpc) is 2.24. The smallest absolute Gasteiger partial charge is 0.145 e. The second-order valence-corrected chi connectivity index (χ2v) is 5.41.